The van der Waals surface area contributed by atoms with E-state index in [4.69, 9.17) is 5.84 Å². The minimum absolute atomic E-state index is 0.227. The molecule has 0 bridgehead atoms. The summed E-state index contributed by atoms with van der Waals surface area (Å²) >= 11 is 0. The van der Waals surface area contributed by atoms with Crippen molar-refractivity contribution in [1.82, 2.24) is 10.3 Å². The Labute approximate surface area is 114 Å². The minimum atomic E-state index is -0.227. The number of nitrogen functional groups attached to an aromatic ring is 1. The first-order valence-electron chi connectivity index (χ1n) is 7.12. The molecule has 2 rings (SSSR count). The van der Waals surface area contributed by atoms with Crippen LogP contribution in [0.2, 0.25) is 0 Å². The maximum atomic E-state index is 11.5. The van der Waals surface area contributed by atoms with Crippen LogP contribution in [0.4, 0.5) is 0 Å². The van der Waals surface area contributed by atoms with Crippen LogP contribution in [0.5, 0.6) is 0 Å². The Morgan fingerprint density at radius 3 is 2.53 bits per heavy atom. The van der Waals surface area contributed by atoms with E-state index in [2.05, 4.69) is 16.4 Å². The second-order valence-electron chi connectivity index (χ2n) is 5.22. The van der Waals surface area contributed by atoms with Gasteiger partial charge in [-0.3, -0.25) is 15.1 Å². The number of carbonyl (C=O) groups is 1. The van der Waals surface area contributed by atoms with Crippen LogP contribution in [-0.2, 0) is 6.54 Å². The third-order valence-corrected chi connectivity index (χ3v) is 3.68. The summed E-state index contributed by atoms with van der Waals surface area (Å²) in [5.74, 6) is 4.94. The second-order valence-corrected chi connectivity index (χ2v) is 5.22. The van der Waals surface area contributed by atoms with Crippen LogP contribution < -0.4 is 11.3 Å². The number of benzene rings is 1. The molecular formula is C15H23N3O. The maximum absolute atomic E-state index is 11.5. The van der Waals surface area contributed by atoms with E-state index in [1.54, 1.807) is 6.07 Å². The van der Waals surface area contributed by atoms with Gasteiger partial charge in [0, 0.05) is 12.1 Å². The number of hydrogen-bond acceptors (Lipinski definition) is 3. The number of nitrogens with zero attached hydrogens (tertiary/aromatic N) is 1. The van der Waals surface area contributed by atoms with Gasteiger partial charge in [-0.1, -0.05) is 31.4 Å². The van der Waals surface area contributed by atoms with Crippen LogP contribution >= 0.6 is 0 Å². The van der Waals surface area contributed by atoms with Crippen molar-refractivity contribution < 1.29 is 4.79 Å². The lowest BCUT2D eigenvalue weighted by Crippen LogP contribution is -2.30. The van der Waals surface area contributed by atoms with Crippen LogP contribution in [0.15, 0.2) is 24.3 Å². The average molecular weight is 261 g/mol. The Hall–Kier alpha value is -1.39. The van der Waals surface area contributed by atoms with Crippen molar-refractivity contribution in [2.24, 2.45) is 5.84 Å². The zero-order valence-corrected chi connectivity index (χ0v) is 11.4. The summed E-state index contributed by atoms with van der Waals surface area (Å²) in [5.41, 5.74) is 3.99. The summed E-state index contributed by atoms with van der Waals surface area (Å²) in [7, 11) is 0. The minimum Gasteiger partial charge on any atom is -0.299 e. The SMILES string of the molecule is NNC(=O)c1cccc(CN2CCCCCCC2)c1. The summed E-state index contributed by atoms with van der Waals surface area (Å²) < 4.78 is 0. The van der Waals surface area contributed by atoms with E-state index in [9.17, 15) is 4.79 Å². The van der Waals surface area contributed by atoms with Crippen LogP contribution in [0.25, 0.3) is 0 Å². The van der Waals surface area contributed by atoms with Crippen LogP contribution in [-0.4, -0.2) is 23.9 Å². The fraction of sp³-hybridized carbons (Fsp3) is 0.533. The van der Waals surface area contributed by atoms with Crippen LogP contribution in [0.3, 0.4) is 0 Å². The second kappa shape index (κ2) is 7.26. The summed E-state index contributed by atoms with van der Waals surface area (Å²) in [5, 5.41) is 0. The molecule has 1 aromatic carbocycles. The van der Waals surface area contributed by atoms with Crippen LogP contribution in [0.1, 0.15) is 48.0 Å². The maximum Gasteiger partial charge on any atom is 0.265 e. The molecule has 4 heteroatoms. The molecule has 4 nitrogen and oxygen atoms in total. The molecule has 0 spiro atoms. The average Bonchev–Trinajstić information content (AvgIpc) is 2.41. The Morgan fingerprint density at radius 2 is 1.84 bits per heavy atom. The number of amides is 1. The molecule has 0 unspecified atom stereocenters. The predicted molar refractivity (Wildman–Crippen MR) is 76.5 cm³/mol. The zero-order chi connectivity index (χ0) is 13.5. The number of nitrogens with two attached hydrogens (primary N) is 1. The lowest BCUT2D eigenvalue weighted by atomic mass is 10.1. The Kier molecular flexibility index (Phi) is 5.36. The van der Waals surface area contributed by atoms with Crippen molar-refractivity contribution in [1.29, 1.82) is 0 Å². The van der Waals surface area contributed by atoms with E-state index in [0.717, 1.165) is 19.6 Å². The van der Waals surface area contributed by atoms with E-state index in [-0.39, 0.29) is 5.91 Å². The molecule has 0 aromatic heterocycles. The monoisotopic (exact) mass is 261 g/mol. The van der Waals surface area contributed by atoms with Crippen molar-refractivity contribution in [3.8, 4) is 0 Å². The van der Waals surface area contributed by atoms with Crippen molar-refractivity contribution in [2.75, 3.05) is 13.1 Å². The molecule has 1 aromatic rings. The first kappa shape index (κ1) is 14.0. The van der Waals surface area contributed by atoms with Gasteiger partial charge in [-0.25, -0.2) is 5.84 Å². The van der Waals surface area contributed by atoms with Gasteiger partial charge >= 0.3 is 0 Å². The van der Waals surface area contributed by atoms with E-state index >= 15 is 0 Å². The molecule has 1 aliphatic rings. The molecule has 1 heterocycles. The molecule has 3 N–H and O–H groups in total. The molecule has 1 aliphatic heterocycles. The van der Waals surface area contributed by atoms with Gasteiger partial charge in [-0.2, -0.15) is 0 Å². The first-order chi connectivity index (χ1) is 9.29. The smallest absolute Gasteiger partial charge is 0.265 e. The number of nitrogens with one attached hydrogen (secondary N) is 1. The van der Waals surface area contributed by atoms with E-state index in [1.165, 1.54) is 37.7 Å². The quantitative estimate of drug-likeness (QED) is 0.497. The fourth-order valence-electron chi connectivity index (χ4n) is 2.62. The Balaban J connectivity index is 1.99. The molecule has 19 heavy (non-hydrogen) atoms. The van der Waals surface area contributed by atoms with Gasteiger partial charge in [-0.15, -0.1) is 0 Å². The predicted octanol–water partition coefficient (Wildman–Crippen LogP) is 2.06. The number of rotatable bonds is 3. The zero-order valence-electron chi connectivity index (χ0n) is 11.4. The number of hydrogen-bond donors (Lipinski definition) is 2. The molecule has 104 valence electrons. The summed E-state index contributed by atoms with van der Waals surface area (Å²) in [6.07, 6.45) is 6.62. The molecule has 0 radical (unpaired) electrons. The Morgan fingerprint density at radius 1 is 1.16 bits per heavy atom. The summed E-state index contributed by atoms with van der Waals surface area (Å²) in [6, 6.07) is 7.72. The number of carbonyl (C=O) groups excluding carboxylic acids is 1. The highest BCUT2D eigenvalue weighted by Crippen LogP contribution is 2.14. The van der Waals surface area contributed by atoms with Gasteiger partial charge in [0.15, 0.2) is 0 Å². The first-order valence-corrected chi connectivity index (χ1v) is 7.12. The van der Waals surface area contributed by atoms with Crippen molar-refractivity contribution in [3.05, 3.63) is 35.4 Å². The van der Waals surface area contributed by atoms with Crippen molar-refractivity contribution in [3.63, 3.8) is 0 Å². The summed E-state index contributed by atoms with van der Waals surface area (Å²) in [4.78, 5) is 14.0. The third-order valence-electron chi connectivity index (χ3n) is 3.68. The molecular weight excluding hydrogens is 238 g/mol. The highest BCUT2D eigenvalue weighted by atomic mass is 16.2. The van der Waals surface area contributed by atoms with Gasteiger partial charge in [0.25, 0.3) is 5.91 Å². The van der Waals surface area contributed by atoms with Gasteiger partial charge < -0.3 is 0 Å². The van der Waals surface area contributed by atoms with Crippen molar-refractivity contribution in [2.45, 2.75) is 38.6 Å². The highest BCUT2D eigenvalue weighted by Gasteiger charge is 2.10. The summed E-state index contributed by atoms with van der Waals surface area (Å²) in [6.45, 7) is 3.24. The Bertz CT molecular complexity index is 412. The lowest BCUT2D eigenvalue weighted by Gasteiger charge is -2.24. The van der Waals surface area contributed by atoms with Gasteiger partial charge in [0.2, 0.25) is 0 Å². The number of hydrazine groups is 1. The molecule has 0 aliphatic carbocycles. The topological polar surface area (TPSA) is 58.4 Å². The molecule has 1 saturated heterocycles. The van der Waals surface area contributed by atoms with E-state index < -0.39 is 0 Å². The van der Waals surface area contributed by atoms with Gasteiger partial charge in [0.1, 0.15) is 0 Å². The normalized spacial score (nSPS) is 17.5. The van der Waals surface area contributed by atoms with Gasteiger partial charge in [-0.05, 0) is 43.6 Å². The van der Waals surface area contributed by atoms with Gasteiger partial charge in [0.05, 0.1) is 0 Å². The van der Waals surface area contributed by atoms with E-state index in [0.29, 0.717) is 5.56 Å². The fourth-order valence-corrected chi connectivity index (χ4v) is 2.62. The molecule has 0 saturated carbocycles. The molecule has 0 atom stereocenters. The third kappa shape index (κ3) is 4.33. The standard InChI is InChI=1S/C15H23N3O/c16-17-15(19)14-8-6-7-13(11-14)12-18-9-4-2-1-3-5-10-18/h6-8,11H,1-5,9-10,12,16H2,(H,17,19). The number of likely N-dealkylation sites (tertiary alicyclic amines) is 1. The largest absolute Gasteiger partial charge is 0.299 e. The highest BCUT2D eigenvalue weighted by molar-refractivity contribution is 5.93. The lowest BCUT2D eigenvalue weighted by molar-refractivity contribution is 0.0953. The molecule has 1 amide bonds. The van der Waals surface area contributed by atoms with Crippen LogP contribution in [0, 0.1) is 0 Å². The molecule has 1 fully saturated rings. The van der Waals surface area contributed by atoms with Crippen molar-refractivity contribution >= 4 is 5.91 Å². The van der Waals surface area contributed by atoms with E-state index in [1.807, 2.05) is 12.1 Å².